The fourth-order valence-corrected chi connectivity index (χ4v) is 3.08. The minimum absolute atomic E-state index is 0.0626. The molecule has 2 N–H and O–H groups in total. The van der Waals surface area contributed by atoms with Gasteiger partial charge in [-0.05, 0) is 25.0 Å². The molecule has 3 rings (SSSR count). The largest absolute Gasteiger partial charge is 0.506 e. The Morgan fingerprint density at radius 3 is 2.96 bits per heavy atom. The third kappa shape index (κ3) is 3.35. The second-order valence-corrected chi connectivity index (χ2v) is 5.95. The van der Waals surface area contributed by atoms with Crippen molar-refractivity contribution in [3.8, 4) is 11.8 Å². The van der Waals surface area contributed by atoms with Crippen LogP contribution in [0.25, 0.3) is 10.9 Å². The maximum atomic E-state index is 12.7. The van der Waals surface area contributed by atoms with Crippen molar-refractivity contribution < 1.29 is 14.6 Å². The van der Waals surface area contributed by atoms with Gasteiger partial charge in [-0.2, -0.15) is 5.26 Å². The molecule has 1 aromatic heterocycles. The van der Waals surface area contributed by atoms with E-state index in [4.69, 9.17) is 10.00 Å². The van der Waals surface area contributed by atoms with Crippen molar-refractivity contribution in [2.45, 2.75) is 31.9 Å². The number of fused-ring (bicyclic) bond motifs is 1. The molecule has 1 aliphatic heterocycles. The van der Waals surface area contributed by atoms with Crippen molar-refractivity contribution in [3.05, 3.63) is 40.2 Å². The summed E-state index contributed by atoms with van der Waals surface area (Å²) in [5, 5.41) is 22.4. The minimum atomic E-state index is -0.630. The zero-order valence-corrected chi connectivity index (χ0v) is 13.7. The zero-order chi connectivity index (χ0) is 17.8. The van der Waals surface area contributed by atoms with Crippen molar-refractivity contribution in [2.24, 2.45) is 0 Å². The summed E-state index contributed by atoms with van der Waals surface area (Å²) in [6, 6.07) is 8.77. The molecule has 0 aliphatic carbocycles. The molecule has 0 bridgehead atoms. The summed E-state index contributed by atoms with van der Waals surface area (Å²) in [4.78, 5) is 25.3. The summed E-state index contributed by atoms with van der Waals surface area (Å²) in [5.74, 6) is -0.965. The van der Waals surface area contributed by atoms with Crippen LogP contribution in [0.15, 0.2) is 29.1 Å². The molecule has 0 saturated carbocycles. The Balaban J connectivity index is 2.00. The van der Waals surface area contributed by atoms with E-state index in [9.17, 15) is 14.7 Å². The minimum Gasteiger partial charge on any atom is -0.506 e. The van der Waals surface area contributed by atoms with Crippen LogP contribution in [0.2, 0.25) is 0 Å². The van der Waals surface area contributed by atoms with Crippen molar-refractivity contribution in [2.75, 3.05) is 13.2 Å². The smallest absolute Gasteiger partial charge is 0.267 e. The predicted molar refractivity (Wildman–Crippen MR) is 91.4 cm³/mol. The highest BCUT2D eigenvalue weighted by Gasteiger charge is 2.23. The van der Waals surface area contributed by atoms with Crippen LogP contribution >= 0.6 is 0 Å². The lowest BCUT2D eigenvalue weighted by molar-refractivity contribution is 0.0854. The SMILES string of the molecule is N#CCCn1c(=O)c(C(=O)NCC2CCCO2)c(O)c2ccccc21. The average molecular weight is 341 g/mol. The summed E-state index contributed by atoms with van der Waals surface area (Å²) >= 11 is 0. The number of pyridine rings is 1. The summed E-state index contributed by atoms with van der Waals surface area (Å²) in [5.41, 5.74) is -0.401. The van der Waals surface area contributed by atoms with Crippen LogP contribution in [0.3, 0.4) is 0 Å². The standard InChI is InChI=1S/C18H19N3O4/c19-8-4-9-21-14-7-2-1-6-13(14)16(22)15(18(21)24)17(23)20-11-12-5-3-10-25-12/h1-2,6-7,12,22H,3-5,9-11H2,(H,20,23). The molecule has 1 aromatic carbocycles. The number of carbonyl (C=O) groups excluding carboxylic acids is 1. The van der Waals surface area contributed by atoms with E-state index < -0.39 is 11.5 Å². The van der Waals surface area contributed by atoms with Crippen LogP contribution in [0, 0.1) is 11.3 Å². The molecule has 25 heavy (non-hydrogen) atoms. The highest BCUT2D eigenvalue weighted by molar-refractivity contribution is 6.02. The molecule has 0 radical (unpaired) electrons. The number of carbonyl (C=O) groups is 1. The highest BCUT2D eigenvalue weighted by Crippen LogP contribution is 2.26. The number of hydrogen-bond acceptors (Lipinski definition) is 5. The van der Waals surface area contributed by atoms with Gasteiger partial charge in [-0.3, -0.25) is 9.59 Å². The fourth-order valence-electron chi connectivity index (χ4n) is 3.08. The summed E-state index contributed by atoms with van der Waals surface area (Å²) < 4.78 is 6.81. The number of nitrogens with one attached hydrogen (secondary N) is 1. The van der Waals surface area contributed by atoms with E-state index in [-0.39, 0.29) is 30.4 Å². The Labute approximate surface area is 144 Å². The molecule has 1 atom stereocenters. The van der Waals surface area contributed by atoms with Crippen LogP contribution in [-0.4, -0.2) is 34.8 Å². The molecule has 1 amide bonds. The van der Waals surface area contributed by atoms with Crippen LogP contribution in [0.5, 0.6) is 5.75 Å². The van der Waals surface area contributed by atoms with E-state index in [1.165, 1.54) is 4.57 Å². The van der Waals surface area contributed by atoms with E-state index in [1.807, 2.05) is 6.07 Å². The van der Waals surface area contributed by atoms with E-state index in [2.05, 4.69) is 5.32 Å². The van der Waals surface area contributed by atoms with Gasteiger partial charge in [-0.15, -0.1) is 0 Å². The van der Waals surface area contributed by atoms with Crippen molar-refractivity contribution in [1.82, 2.24) is 9.88 Å². The first-order valence-electron chi connectivity index (χ1n) is 8.24. The average Bonchev–Trinajstić information content (AvgIpc) is 3.13. The van der Waals surface area contributed by atoms with Gasteiger partial charge in [-0.1, -0.05) is 12.1 Å². The van der Waals surface area contributed by atoms with Gasteiger partial charge in [0.1, 0.15) is 11.3 Å². The first-order valence-corrected chi connectivity index (χ1v) is 8.24. The molecule has 130 valence electrons. The maximum absolute atomic E-state index is 12.7. The lowest BCUT2D eigenvalue weighted by atomic mass is 10.1. The molecule has 2 aromatic rings. The lowest BCUT2D eigenvalue weighted by Gasteiger charge is -2.15. The van der Waals surface area contributed by atoms with Gasteiger partial charge in [0.2, 0.25) is 0 Å². The summed E-state index contributed by atoms with van der Waals surface area (Å²) in [6.07, 6.45) is 1.87. The summed E-state index contributed by atoms with van der Waals surface area (Å²) in [6.45, 7) is 1.12. The first kappa shape index (κ1) is 17.0. The van der Waals surface area contributed by atoms with Gasteiger partial charge in [0.25, 0.3) is 11.5 Å². The number of ether oxygens (including phenoxy) is 1. The number of aromatic nitrogens is 1. The molecular weight excluding hydrogens is 322 g/mol. The Morgan fingerprint density at radius 1 is 1.44 bits per heavy atom. The number of nitriles is 1. The molecule has 1 unspecified atom stereocenters. The number of amides is 1. The Hall–Kier alpha value is -2.85. The van der Waals surface area contributed by atoms with Crippen LogP contribution < -0.4 is 10.9 Å². The molecule has 1 saturated heterocycles. The topological polar surface area (TPSA) is 104 Å². The number of benzene rings is 1. The van der Waals surface area contributed by atoms with Gasteiger partial charge in [0.15, 0.2) is 0 Å². The van der Waals surface area contributed by atoms with E-state index in [0.717, 1.165) is 12.8 Å². The van der Waals surface area contributed by atoms with E-state index >= 15 is 0 Å². The predicted octanol–water partition coefficient (Wildman–Crippen LogP) is 1.53. The fraction of sp³-hybridized carbons (Fsp3) is 0.389. The highest BCUT2D eigenvalue weighted by atomic mass is 16.5. The van der Waals surface area contributed by atoms with Gasteiger partial charge < -0.3 is 19.7 Å². The normalized spacial score (nSPS) is 16.7. The number of para-hydroxylation sites is 1. The van der Waals surface area contributed by atoms with Crippen molar-refractivity contribution >= 4 is 16.8 Å². The number of aryl methyl sites for hydroxylation is 1. The third-order valence-corrected chi connectivity index (χ3v) is 4.33. The van der Waals surface area contributed by atoms with Crippen LogP contribution in [-0.2, 0) is 11.3 Å². The number of nitrogens with zero attached hydrogens (tertiary/aromatic N) is 2. The first-order chi connectivity index (χ1) is 12.1. The van der Waals surface area contributed by atoms with Crippen molar-refractivity contribution in [3.63, 3.8) is 0 Å². The van der Waals surface area contributed by atoms with Gasteiger partial charge >= 0.3 is 0 Å². The Morgan fingerprint density at radius 2 is 2.24 bits per heavy atom. The molecular formula is C18H19N3O4. The lowest BCUT2D eigenvalue weighted by Crippen LogP contribution is -2.37. The van der Waals surface area contributed by atoms with Gasteiger partial charge in [0, 0.05) is 25.1 Å². The number of hydrogen-bond donors (Lipinski definition) is 2. The molecule has 7 heteroatoms. The van der Waals surface area contributed by atoms with Crippen LogP contribution in [0.1, 0.15) is 29.6 Å². The molecule has 1 aliphatic rings. The summed E-state index contributed by atoms with van der Waals surface area (Å²) in [7, 11) is 0. The third-order valence-electron chi connectivity index (χ3n) is 4.33. The molecule has 2 heterocycles. The zero-order valence-electron chi connectivity index (χ0n) is 13.7. The Bertz CT molecular complexity index is 892. The quantitative estimate of drug-likeness (QED) is 0.858. The van der Waals surface area contributed by atoms with E-state index in [0.29, 0.717) is 24.1 Å². The second-order valence-electron chi connectivity index (χ2n) is 5.95. The van der Waals surface area contributed by atoms with Gasteiger partial charge in [0.05, 0.1) is 24.1 Å². The van der Waals surface area contributed by atoms with E-state index in [1.54, 1.807) is 24.3 Å². The number of rotatable bonds is 5. The monoisotopic (exact) mass is 341 g/mol. The molecule has 1 fully saturated rings. The maximum Gasteiger partial charge on any atom is 0.267 e. The van der Waals surface area contributed by atoms with Crippen LogP contribution in [0.4, 0.5) is 0 Å². The molecule has 0 spiro atoms. The second kappa shape index (κ2) is 7.36. The molecule has 7 nitrogen and oxygen atoms in total. The number of aromatic hydroxyl groups is 1. The van der Waals surface area contributed by atoms with Crippen molar-refractivity contribution in [1.29, 1.82) is 5.26 Å². The Kier molecular flexibility index (Phi) is 5.00. The van der Waals surface area contributed by atoms with Gasteiger partial charge in [-0.25, -0.2) is 0 Å².